The van der Waals surface area contributed by atoms with Gasteiger partial charge in [-0.05, 0) is 32.5 Å². The van der Waals surface area contributed by atoms with E-state index in [0.29, 0.717) is 0 Å². The average Bonchev–Trinajstić information content (AvgIpc) is 2.73. The topological polar surface area (TPSA) is 38.5 Å². The van der Waals surface area contributed by atoms with Crippen molar-refractivity contribution in [2.45, 2.75) is 33.7 Å². The van der Waals surface area contributed by atoms with Gasteiger partial charge >= 0.3 is 0 Å². The third-order valence-electron chi connectivity index (χ3n) is 2.84. The molecule has 0 amide bonds. The van der Waals surface area contributed by atoms with Gasteiger partial charge in [-0.25, -0.2) is 0 Å². The number of hydrogen-bond donors (Lipinski definition) is 1. The lowest BCUT2D eigenvalue weighted by atomic mass is 10.3. The Labute approximate surface area is 106 Å². The fraction of sp³-hybridized carbons (Fsp3) is 0.500. The molecule has 1 N–H and O–H groups in total. The summed E-state index contributed by atoms with van der Waals surface area (Å²) in [6.07, 6.45) is 3.08. The maximum absolute atomic E-state index is 5.36. The van der Waals surface area contributed by atoms with Gasteiger partial charge in [-0.3, -0.25) is 9.25 Å². The van der Waals surface area contributed by atoms with E-state index < -0.39 is 0 Å². The van der Waals surface area contributed by atoms with Crippen LogP contribution in [0, 0.1) is 4.77 Å². The Morgan fingerprint density at radius 3 is 2.76 bits per heavy atom. The third kappa shape index (κ3) is 2.07. The Bertz CT molecular complexity index is 623. The van der Waals surface area contributed by atoms with Gasteiger partial charge in [-0.1, -0.05) is 18.6 Å². The van der Waals surface area contributed by atoms with Crippen LogP contribution in [0.2, 0.25) is 0 Å². The highest BCUT2D eigenvalue weighted by Gasteiger charge is 2.13. The van der Waals surface area contributed by atoms with Crippen molar-refractivity contribution in [1.82, 2.24) is 19.3 Å². The monoisotopic (exact) mass is 250 g/mol. The van der Waals surface area contributed by atoms with Crippen molar-refractivity contribution in [3.8, 4) is 0 Å². The van der Waals surface area contributed by atoms with Gasteiger partial charge < -0.3 is 4.98 Å². The molecule has 0 unspecified atom stereocenters. The molecule has 17 heavy (non-hydrogen) atoms. The molecule has 0 aliphatic carbocycles. The molecule has 0 aliphatic rings. The third-order valence-corrected chi connectivity index (χ3v) is 3.16. The molecule has 0 aromatic carbocycles. The van der Waals surface area contributed by atoms with Crippen LogP contribution in [0.3, 0.4) is 0 Å². The first kappa shape index (κ1) is 12.1. The van der Waals surface area contributed by atoms with Gasteiger partial charge in [0.25, 0.3) is 0 Å². The highest BCUT2D eigenvalue weighted by Crippen LogP contribution is 2.18. The summed E-state index contributed by atoms with van der Waals surface area (Å²) >= 11 is 5.36. The zero-order chi connectivity index (χ0) is 12.6. The van der Waals surface area contributed by atoms with Crippen molar-refractivity contribution < 1.29 is 0 Å². The second-order valence-corrected chi connectivity index (χ2v) is 4.83. The maximum Gasteiger partial charge on any atom is 0.179 e. The number of imidazole rings is 1. The molecule has 0 radical (unpaired) electrons. The van der Waals surface area contributed by atoms with E-state index in [1.165, 1.54) is 5.57 Å². The number of allylic oxidation sites excluding steroid dienone is 2. The minimum Gasteiger partial charge on any atom is -0.328 e. The summed E-state index contributed by atoms with van der Waals surface area (Å²) < 4.78 is 4.75. The van der Waals surface area contributed by atoms with Crippen LogP contribution in [0.4, 0.5) is 0 Å². The van der Waals surface area contributed by atoms with Crippen LogP contribution in [0.1, 0.15) is 26.5 Å². The first-order chi connectivity index (χ1) is 8.04. The molecular formula is C12H18N4S. The van der Waals surface area contributed by atoms with Crippen molar-refractivity contribution in [2.24, 2.45) is 7.05 Å². The minimum atomic E-state index is 0.764. The second kappa shape index (κ2) is 4.49. The Morgan fingerprint density at radius 2 is 2.18 bits per heavy atom. The van der Waals surface area contributed by atoms with Crippen LogP contribution in [0.15, 0.2) is 11.6 Å². The van der Waals surface area contributed by atoms with Crippen molar-refractivity contribution in [1.29, 1.82) is 0 Å². The number of H-pyrrole nitrogens is 1. The molecule has 92 valence electrons. The largest absolute Gasteiger partial charge is 0.328 e. The van der Waals surface area contributed by atoms with Crippen LogP contribution in [0.25, 0.3) is 11.2 Å². The van der Waals surface area contributed by atoms with E-state index in [-0.39, 0.29) is 0 Å². The summed E-state index contributed by atoms with van der Waals surface area (Å²) in [5, 5.41) is 4.49. The predicted octanol–water partition coefficient (Wildman–Crippen LogP) is 2.96. The van der Waals surface area contributed by atoms with Crippen molar-refractivity contribution in [3.63, 3.8) is 0 Å². The predicted molar refractivity (Wildman–Crippen MR) is 72.7 cm³/mol. The van der Waals surface area contributed by atoms with E-state index in [9.17, 15) is 0 Å². The van der Waals surface area contributed by atoms with Crippen molar-refractivity contribution in [2.75, 3.05) is 0 Å². The van der Waals surface area contributed by atoms with E-state index in [4.69, 9.17) is 12.2 Å². The summed E-state index contributed by atoms with van der Waals surface area (Å²) in [6.45, 7) is 7.08. The lowest BCUT2D eigenvalue weighted by Crippen LogP contribution is -2.02. The number of aromatic nitrogens is 4. The second-order valence-electron chi connectivity index (χ2n) is 4.44. The summed E-state index contributed by atoms with van der Waals surface area (Å²) in [5.74, 6) is 0. The Morgan fingerprint density at radius 1 is 1.47 bits per heavy atom. The SMILES string of the molecule is CCc1nn(C)c2c1[nH]c(=S)n2CC=C(C)C. The number of nitrogens with zero attached hydrogens (tertiary/aromatic N) is 3. The number of aromatic amines is 1. The number of aryl methyl sites for hydroxylation is 2. The fourth-order valence-corrected chi connectivity index (χ4v) is 2.23. The van der Waals surface area contributed by atoms with Gasteiger partial charge in [0.05, 0.1) is 5.69 Å². The van der Waals surface area contributed by atoms with Gasteiger partial charge in [0.15, 0.2) is 10.4 Å². The maximum atomic E-state index is 5.36. The number of fused-ring (bicyclic) bond motifs is 1. The molecule has 2 heterocycles. The summed E-state index contributed by atoms with van der Waals surface area (Å²) in [7, 11) is 1.96. The molecule has 2 aromatic heterocycles. The smallest absolute Gasteiger partial charge is 0.179 e. The van der Waals surface area contributed by atoms with Crippen LogP contribution in [-0.4, -0.2) is 19.3 Å². The van der Waals surface area contributed by atoms with E-state index in [0.717, 1.165) is 34.6 Å². The minimum absolute atomic E-state index is 0.764. The van der Waals surface area contributed by atoms with Crippen LogP contribution in [-0.2, 0) is 20.0 Å². The number of nitrogens with one attached hydrogen (secondary N) is 1. The molecule has 2 rings (SSSR count). The molecule has 0 saturated heterocycles. The molecule has 2 aromatic rings. The quantitative estimate of drug-likeness (QED) is 0.672. The average molecular weight is 250 g/mol. The van der Waals surface area contributed by atoms with Crippen LogP contribution >= 0.6 is 12.2 Å². The fourth-order valence-electron chi connectivity index (χ4n) is 1.97. The molecule has 4 nitrogen and oxygen atoms in total. The molecule has 0 spiro atoms. The highest BCUT2D eigenvalue weighted by atomic mass is 32.1. The van der Waals surface area contributed by atoms with Gasteiger partial charge in [0, 0.05) is 13.6 Å². The zero-order valence-corrected chi connectivity index (χ0v) is 11.6. The molecule has 0 aliphatic heterocycles. The molecule has 0 bridgehead atoms. The molecule has 0 atom stereocenters. The Kier molecular flexibility index (Phi) is 3.19. The van der Waals surface area contributed by atoms with E-state index in [1.54, 1.807) is 0 Å². The van der Waals surface area contributed by atoms with Gasteiger partial charge in [0.2, 0.25) is 0 Å². The van der Waals surface area contributed by atoms with Gasteiger partial charge in [0.1, 0.15) is 5.52 Å². The number of hydrogen-bond acceptors (Lipinski definition) is 2. The normalized spacial score (nSPS) is 11.1. The summed E-state index contributed by atoms with van der Waals surface area (Å²) in [6, 6.07) is 0. The van der Waals surface area contributed by atoms with Crippen LogP contribution in [0.5, 0.6) is 0 Å². The van der Waals surface area contributed by atoms with E-state index >= 15 is 0 Å². The van der Waals surface area contributed by atoms with Gasteiger partial charge in [-0.15, -0.1) is 0 Å². The summed E-state index contributed by atoms with van der Waals surface area (Å²) in [4.78, 5) is 3.26. The first-order valence-electron chi connectivity index (χ1n) is 5.82. The van der Waals surface area contributed by atoms with E-state index in [2.05, 4.69) is 41.5 Å². The standard InChI is InChI=1S/C12H18N4S/c1-5-9-10-11(15(4)14-9)16(12(17)13-10)7-6-8(2)3/h6H,5,7H2,1-4H3,(H,13,17). The lowest BCUT2D eigenvalue weighted by molar-refractivity contribution is 0.714. The zero-order valence-electron chi connectivity index (χ0n) is 10.7. The molecule has 0 saturated carbocycles. The number of rotatable bonds is 3. The van der Waals surface area contributed by atoms with E-state index in [1.807, 2.05) is 11.7 Å². The molecule has 5 heteroatoms. The van der Waals surface area contributed by atoms with Gasteiger partial charge in [-0.2, -0.15) is 5.10 Å². The summed E-state index contributed by atoms with van der Waals surface area (Å²) in [5.41, 5.74) is 4.51. The van der Waals surface area contributed by atoms with Crippen molar-refractivity contribution in [3.05, 3.63) is 22.1 Å². The Balaban J connectivity index is 2.63. The van der Waals surface area contributed by atoms with Crippen molar-refractivity contribution >= 4 is 23.4 Å². The Hall–Kier alpha value is -1.36. The first-order valence-corrected chi connectivity index (χ1v) is 6.23. The highest BCUT2D eigenvalue weighted by molar-refractivity contribution is 7.71. The lowest BCUT2D eigenvalue weighted by Gasteiger charge is -2.01. The van der Waals surface area contributed by atoms with Crippen LogP contribution < -0.4 is 0 Å². The molecular weight excluding hydrogens is 232 g/mol. The molecule has 0 fully saturated rings.